The van der Waals surface area contributed by atoms with Crippen LogP contribution in [0.1, 0.15) is 59.3 Å². The van der Waals surface area contributed by atoms with Crippen molar-refractivity contribution in [3.8, 4) is 0 Å². The summed E-state index contributed by atoms with van der Waals surface area (Å²) in [5.41, 5.74) is 0.0238. The molecule has 0 N–H and O–H groups in total. The van der Waals surface area contributed by atoms with Crippen molar-refractivity contribution in [3.05, 3.63) is 24.0 Å². The van der Waals surface area contributed by atoms with Crippen molar-refractivity contribution in [1.82, 2.24) is 4.31 Å². The molecule has 8 heteroatoms. The lowest BCUT2D eigenvalue weighted by Gasteiger charge is -2.50. The van der Waals surface area contributed by atoms with E-state index in [1.165, 1.54) is 27.8 Å². The Morgan fingerprint density at radius 3 is 2.50 bits per heavy atom. The van der Waals surface area contributed by atoms with Gasteiger partial charge < -0.3 is 0 Å². The van der Waals surface area contributed by atoms with Crippen molar-refractivity contribution >= 4 is 43.8 Å². The van der Waals surface area contributed by atoms with E-state index in [1.54, 1.807) is 10.8 Å². The Balaban J connectivity index is 1.73. The summed E-state index contributed by atoms with van der Waals surface area (Å²) >= 11 is 2.69. The van der Waals surface area contributed by atoms with Crippen LogP contribution in [-0.2, 0) is 14.8 Å². The monoisotopic (exact) mass is 468 g/mol. The minimum atomic E-state index is -3.62. The maximum atomic E-state index is 13.8. The zero-order valence-electron chi connectivity index (χ0n) is 18.0. The SMILES string of the molecule is C=CSC(=N[C@@H](CCC)C(=O)N1C2CC3CCC2(C2C[C@@H]2S1(=O)=O)C3(C)C)SC=C. The number of carbonyl (C=O) groups is 1. The van der Waals surface area contributed by atoms with Gasteiger partial charge in [0.25, 0.3) is 5.91 Å². The number of fused-ring (bicyclic) bond motifs is 2. The lowest BCUT2D eigenvalue weighted by atomic mass is 9.64. The smallest absolute Gasteiger partial charge is 0.261 e. The second-order valence-electron chi connectivity index (χ2n) is 9.58. The summed E-state index contributed by atoms with van der Waals surface area (Å²) in [6.07, 6.45) is 5.01. The van der Waals surface area contributed by atoms with Gasteiger partial charge in [-0.1, -0.05) is 63.9 Å². The van der Waals surface area contributed by atoms with Crippen LogP contribution < -0.4 is 0 Å². The van der Waals surface area contributed by atoms with Gasteiger partial charge in [0.1, 0.15) is 10.4 Å². The quantitative estimate of drug-likeness (QED) is 0.404. The number of amides is 1. The van der Waals surface area contributed by atoms with Crippen LogP contribution in [0.15, 0.2) is 29.0 Å². The summed E-state index contributed by atoms with van der Waals surface area (Å²) < 4.78 is 29.0. The van der Waals surface area contributed by atoms with Gasteiger partial charge in [0.05, 0.1) is 11.3 Å². The van der Waals surface area contributed by atoms with E-state index < -0.39 is 16.1 Å². The zero-order chi connectivity index (χ0) is 21.9. The van der Waals surface area contributed by atoms with Crippen molar-refractivity contribution in [3.63, 3.8) is 0 Å². The van der Waals surface area contributed by atoms with Gasteiger partial charge in [0.2, 0.25) is 10.0 Å². The molecular weight excluding hydrogens is 436 g/mol. The molecule has 0 aromatic rings. The van der Waals surface area contributed by atoms with Crippen LogP contribution in [0.4, 0.5) is 0 Å². The van der Waals surface area contributed by atoms with Crippen LogP contribution in [0, 0.1) is 22.7 Å². The van der Waals surface area contributed by atoms with Crippen LogP contribution >= 0.6 is 23.5 Å². The van der Waals surface area contributed by atoms with Crippen LogP contribution in [-0.4, -0.2) is 40.3 Å². The molecule has 2 bridgehead atoms. The molecule has 0 aromatic heterocycles. The van der Waals surface area contributed by atoms with E-state index in [2.05, 4.69) is 32.0 Å². The van der Waals surface area contributed by atoms with Gasteiger partial charge in [-0.05, 0) is 60.2 Å². The molecule has 1 saturated heterocycles. The normalized spacial score (nSPS) is 37.6. The molecule has 3 aliphatic carbocycles. The molecule has 166 valence electrons. The Hall–Kier alpha value is -0.730. The maximum absolute atomic E-state index is 13.8. The van der Waals surface area contributed by atoms with E-state index in [9.17, 15) is 13.2 Å². The van der Waals surface area contributed by atoms with Gasteiger partial charge in [-0.15, -0.1) is 0 Å². The van der Waals surface area contributed by atoms with E-state index in [4.69, 9.17) is 0 Å². The summed E-state index contributed by atoms with van der Waals surface area (Å²) in [6, 6.07) is -0.890. The van der Waals surface area contributed by atoms with E-state index in [1.807, 2.05) is 6.92 Å². The Morgan fingerprint density at radius 2 is 1.93 bits per heavy atom. The highest BCUT2D eigenvalue weighted by molar-refractivity contribution is 8.41. The molecular formula is C22H32N2O3S3. The topological polar surface area (TPSA) is 66.8 Å². The van der Waals surface area contributed by atoms with Crippen LogP contribution in [0.25, 0.3) is 0 Å². The van der Waals surface area contributed by atoms with Gasteiger partial charge in [0.15, 0.2) is 0 Å². The Bertz CT molecular complexity index is 885. The highest BCUT2D eigenvalue weighted by Crippen LogP contribution is 2.77. The molecule has 4 unspecified atom stereocenters. The molecule has 5 nitrogen and oxygen atoms in total. The number of aliphatic imine (C=N–C) groups is 1. The first-order valence-electron chi connectivity index (χ1n) is 10.9. The molecule has 1 heterocycles. The zero-order valence-corrected chi connectivity index (χ0v) is 20.5. The number of hydrogen-bond acceptors (Lipinski definition) is 6. The summed E-state index contributed by atoms with van der Waals surface area (Å²) in [7, 11) is -3.62. The first-order chi connectivity index (χ1) is 14.2. The minimum absolute atomic E-state index is 0.0572. The third-order valence-corrected chi connectivity index (χ3v) is 12.1. The number of thioether (sulfide) groups is 2. The summed E-state index contributed by atoms with van der Waals surface area (Å²) in [6.45, 7) is 14.1. The van der Waals surface area contributed by atoms with Gasteiger partial charge in [-0.25, -0.2) is 12.7 Å². The van der Waals surface area contributed by atoms with E-state index in [-0.39, 0.29) is 33.9 Å². The van der Waals surface area contributed by atoms with Crippen LogP contribution in [0.5, 0.6) is 0 Å². The van der Waals surface area contributed by atoms with E-state index in [0.717, 1.165) is 25.7 Å². The Kier molecular flexibility index (Phi) is 5.76. The molecule has 0 radical (unpaired) electrons. The second kappa shape index (κ2) is 7.69. The van der Waals surface area contributed by atoms with Gasteiger partial charge in [0, 0.05) is 5.41 Å². The number of hydrogen-bond donors (Lipinski definition) is 0. The first-order valence-corrected chi connectivity index (χ1v) is 14.1. The number of rotatable bonds is 6. The molecule has 3 saturated carbocycles. The van der Waals surface area contributed by atoms with Crippen molar-refractivity contribution in [2.24, 2.45) is 27.7 Å². The number of sulfonamides is 1. The van der Waals surface area contributed by atoms with E-state index >= 15 is 0 Å². The predicted molar refractivity (Wildman–Crippen MR) is 127 cm³/mol. The average Bonchev–Trinajstić information content (AvgIpc) is 3.42. The van der Waals surface area contributed by atoms with Crippen molar-refractivity contribution < 1.29 is 13.2 Å². The van der Waals surface area contributed by atoms with Crippen molar-refractivity contribution in [2.75, 3.05) is 0 Å². The molecule has 1 spiro atoms. The first kappa shape index (κ1) is 22.5. The third kappa shape index (κ3) is 2.99. The summed E-state index contributed by atoms with van der Waals surface area (Å²) in [5.74, 6) is 0.376. The van der Waals surface area contributed by atoms with Crippen LogP contribution in [0.3, 0.4) is 0 Å². The fourth-order valence-electron chi connectivity index (χ4n) is 6.85. The molecule has 6 atom stereocenters. The fourth-order valence-corrected chi connectivity index (χ4v) is 10.5. The fraction of sp³-hybridized carbons (Fsp3) is 0.727. The second-order valence-corrected chi connectivity index (χ2v) is 13.8. The molecule has 1 aliphatic heterocycles. The van der Waals surface area contributed by atoms with Gasteiger partial charge in [-0.2, -0.15) is 0 Å². The molecule has 0 aromatic carbocycles. The third-order valence-electron chi connectivity index (χ3n) is 8.26. The Morgan fingerprint density at radius 1 is 1.27 bits per heavy atom. The van der Waals surface area contributed by atoms with Gasteiger partial charge >= 0.3 is 0 Å². The molecule has 30 heavy (non-hydrogen) atoms. The van der Waals surface area contributed by atoms with Crippen molar-refractivity contribution in [1.29, 1.82) is 0 Å². The highest BCUT2D eigenvalue weighted by Gasteiger charge is 2.79. The molecule has 4 rings (SSSR count). The standard InChI is InChI=1S/C22H32N2O3S3/c1-6-9-16(23-20(28-7-2)29-8-3)19(25)24-18-12-14-10-11-22(18,21(14,4)5)15-13-17(15)30(24,26)27/h7-8,14-18H,2-3,6,9-13H2,1,4-5H3/t14?,15?,16-,17-,18?,22?/m0/s1. The largest absolute Gasteiger partial charge is 0.271 e. The van der Waals surface area contributed by atoms with E-state index in [0.29, 0.717) is 23.1 Å². The number of nitrogens with zero attached hydrogens (tertiary/aromatic N) is 2. The lowest BCUT2D eigenvalue weighted by Crippen LogP contribution is -2.61. The predicted octanol–water partition coefficient (Wildman–Crippen LogP) is 5.02. The summed E-state index contributed by atoms with van der Waals surface area (Å²) in [5, 5.41) is 2.95. The Labute approximate surface area is 189 Å². The highest BCUT2D eigenvalue weighted by atomic mass is 32.2. The maximum Gasteiger partial charge on any atom is 0.261 e. The lowest BCUT2D eigenvalue weighted by molar-refractivity contribution is -0.133. The summed E-state index contributed by atoms with van der Waals surface area (Å²) in [4.78, 5) is 18.5. The molecule has 4 aliphatic rings. The van der Waals surface area contributed by atoms with Crippen molar-refractivity contribution in [2.45, 2.75) is 76.6 Å². The molecule has 4 fully saturated rings. The molecule has 1 amide bonds. The minimum Gasteiger partial charge on any atom is -0.271 e. The van der Waals surface area contributed by atoms with Gasteiger partial charge in [-0.3, -0.25) is 9.79 Å². The van der Waals surface area contributed by atoms with Crippen LogP contribution in [0.2, 0.25) is 0 Å². The average molecular weight is 469 g/mol. The number of carbonyl (C=O) groups excluding carboxylic acids is 1.